The summed E-state index contributed by atoms with van der Waals surface area (Å²) in [6, 6.07) is 13.3. The Morgan fingerprint density at radius 1 is 0.906 bits per heavy atom. The first-order chi connectivity index (χ1) is 15.6. The molecule has 0 radical (unpaired) electrons. The summed E-state index contributed by atoms with van der Waals surface area (Å²) in [7, 11) is 0. The highest BCUT2D eigenvalue weighted by molar-refractivity contribution is 6.31. The van der Waals surface area contributed by atoms with Gasteiger partial charge in [0, 0.05) is 28.6 Å². The van der Waals surface area contributed by atoms with Crippen LogP contribution in [0.5, 0.6) is 5.88 Å². The fraction of sp³-hybridized carbons (Fsp3) is 0.308. The second-order valence-electron chi connectivity index (χ2n) is 8.37. The minimum absolute atomic E-state index is 0.0336. The summed E-state index contributed by atoms with van der Waals surface area (Å²) in [6.07, 6.45) is 7.86. The fourth-order valence-corrected chi connectivity index (χ4v) is 4.86. The van der Waals surface area contributed by atoms with E-state index in [0.717, 1.165) is 29.5 Å². The highest BCUT2D eigenvalue weighted by Crippen LogP contribution is 2.37. The average molecular weight is 453 g/mol. The van der Waals surface area contributed by atoms with Crippen LogP contribution in [-0.2, 0) is 0 Å². The fourth-order valence-electron chi connectivity index (χ4n) is 4.55. The van der Waals surface area contributed by atoms with Crippen molar-refractivity contribution in [2.24, 2.45) is 4.99 Å². The van der Waals surface area contributed by atoms with Gasteiger partial charge < -0.3 is 4.74 Å². The molecule has 2 heterocycles. The number of aromatic nitrogens is 1. The monoisotopic (exact) mass is 452 g/mol. The van der Waals surface area contributed by atoms with Crippen molar-refractivity contribution < 1.29 is 13.5 Å². The van der Waals surface area contributed by atoms with Crippen molar-refractivity contribution >= 4 is 17.3 Å². The number of halogens is 3. The lowest BCUT2D eigenvalue weighted by atomic mass is 9.99. The van der Waals surface area contributed by atoms with Crippen molar-refractivity contribution in [2.45, 2.75) is 50.7 Å². The highest BCUT2D eigenvalue weighted by Gasteiger charge is 2.26. The predicted molar refractivity (Wildman–Crippen MR) is 122 cm³/mol. The molecule has 0 amide bonds. The number of ether oxygens (including phenoxy) is 1. The molecular formula is C26H23ClF2N2O. The molecule has 0 spiro atoms. The van der Waals surface area contributed by atoms with Gasteiger partial charge in [0.1, 0.15) is 17.7 Å². The second kappa shape index (κ2) is 8.99. The van der Waals surface area contributed by atoms with Crippen LogP contribution in [0.3, 0.4) is 0 Å². The minimum Gasteiger partial charge on any atom is -0.474 e. The van der Waals surface area contributed by atoms with Gasteiger partial charge in [0.2, 0.25) is 5.88 Å². The normalized spacial score (nSPS) is 18.7. The van der Waals surface area contributed by atoms with E-state index in [-0.39, 0.29) is 17.7 Å². The number of pyridine rings is 1. The Morgan fingerprint density at radius 3 is 2.34 bits per heavy atom. The standard InChI is InChI=1S/C26H23ClF2N2O/c27-20-14-16(17-9-13-25(30-15-17)32-18-4-1-2-5-18)8-10-19(20)23-11-12-24(31-23)26-21(28)6-3-7-22(26)29/h3,6-10,13-15,18,23H,1-2,4-5,11-12H2/t23-/m1/s1. The molecule has 164 valence electrons. The van der Waals surface area contributed by atoms with Crippen LogP contribution >= 0.6 is 11.6 Å². The third-order valence-electron chi connectivity index (χ3n) is 6.24. The molecule has 32 heavy (non-hydrogen) atoms. The highest BCUT2D eigenvalue weighted by atomic mass is 35.5. The topological polar surface area (TPSA) is 34.5 Å². The zero-order chi connectivity index (χ0) is 22.1. The Morgan fingerprint density at radius 2 is 1.66 bits per heavy atom. The van der Waals surface area contributed by atoms with Crippen LogP contribution in [0.4, 0.5) is 8.78 Å². The van der Waals surface area contributed by atoms with Gasteiger partial charge in [-0.1, -0.05) is 29.8 Å². The van der Waals surface area contributed by atoms with Crippen molar-refractivity contribution in [3.8, 4) is 17.0 Å². The number of hydrogen-bond donors (Lipinski definition) is 0. The van der Waals surface area contributed by atoms with E-state index in [1.165, 1.54) is 31.0 Å². The zero-order valence-electron chi connectivity index (χ0n) is 17.5. The molecule has 0 bridgehead atoms. The van der Waals surface area contributed by atoms with Gasteiger partial charge in [0.15, 0.2) is 0 Å². The van der Waals surface area contributed by atoms with Crippen LogP contribution in [0.2, 0.25) is 5.02 Å². The number of hydrogen-bond acceptors (Lipinski definition) is 3. The van der Waals surface area contributed by atoms with Gasteiger partial charge in [-0.2, -0.15) is 0 Å². The minimum atomic E-state index is -0.585. The third kappa shape index (κ3) is 4.26. The first kappa shape index (κ1) is 21.1. The summed E-state index contributed by atoms with van der Waals surface area (Å²) in [5, 5.41) is 0.581. The van der Waals surface area contributed by atoms with Crippen molar-refractivity contribution in [3.05, 3.63) is 82.5 Å². The summed E-state index contributed by atoms with van der Waals surface area (Å²) in [6.45, 7) is 0. The maximum Gasteiger partial charge on any atom is 0.213 e. The molecule has 5 rings (SSSR count). The predicted octanol–water partition coefficient (Wildman–Crippen LogP) is 7.33. The molecule has 0 unspecified atom stereocenters. The maximum absolute atomic E-state index is 14.1. The molecule has 3 aromatic rings. The lowest BCUT2D eigenvalue weighted by Gasteiger charge is -2.13. The van der Waals surface area contributed by atoms with Crippen molar-refractivity contribution in [1.82, 2.24) is 4.98 Å². The molecule has 1 saturated carbocycles. The Balaban J connectivity index is 1.34. The van der Waals surface area contributed by atoms with E-state index in [9.17, 15) is 8.78 Å². The molecule has 6 heteroatoms. The van der Waals surface area contributed by atoms with Crippen LogP contribution < -0.4 is 4.74 Å². The van der Waals surface area contributed by atoms with Crippen molar-refractivity contribution in [2.75, 3.05) is 0 Å². The number of nitrogens with zero attached hydrogens (tertiary/aromatic N) is 2. The summed E-state index contributed by atoms with van der Waals surface area (Å²) in [5.74, 6) is -0.519. The number of rotatable bonds is 5. The molecular weight excluding hydrogens is 430 g/mol. The third-order valence-corrected chi connectivity index (χ3v) is 6.56. The summed E-state index contributed by atoms with van der Waals surface area (Å²) < 4.78 is 34.2. The Kier molecular flexibility index (Phi) is 5.92. The van der Waals surface area contributed by atoms with Crippen LogP contribution in [0, 0.1) is 11.6 Å². The largest absolute Gasteiger partial charge is 0.474 e. The molecule has 0 saturated heterocycles. The smallest absolute Gasteiger partial charge is 0.213 e. The summed E-state index contributed by atoms with van der Waals surface area (Å²) >= 11 is 6.60. The van der Waals surface area contributed by atoms with Gasteiger partial charge in [-0.05, 0) is 73.9 Å². The van der Waals surface area contributed by atoms with Crippen LogP contribution in [0.25, 0.3) is 11.1 Å². The molecule has 2 aliphatic rings. The first-order valence-corrected chi connectivity index (χ1v) is 11.4. The van der Waals surface area contributed by atoms with E-state index in [1.54, 1.807) is 6.20 Å². The molecule has 1 aromatic heterocycles. The first-order valence-electron chi connectivity index (χ1n) is 11.0. The van der Waals surface area contributed by atoms with Crippen LogP contribution in [-0.4, -0.2) is 16.8 Å². The summed E-state index contributed by atoms with van der Waals surface area (Å²) in [4.78, 5) is 9.05. The average Bonchev–Trinajstić information content (AvgIpc) is 3.47. The SMILES string of the molecule is Fc1cccc(F)c1C1=N[C@@H](c2ccc(-c3ccc(OC4CCCC4)nc3)cc2Cl)CC1. The zero-order valence-corrected chi connectivity index (χ0v) is 18.3. The quantitative estimate of drug-likeness (QED) is 0.406. The Hall–Kier alpha value is -2.79. The van der Waals surface area contributed by atoms with E-state index in [0.29, 0.717) is 29.5 Å². The van der Waals surface area contributed by atoms with E-state index in [2.05, 4.69) is 9.98 Å². The lowest BCUT2D eigenvalue weighted by molar-refractivity contribution is 0.201. The van der Waals surface area contributed by atoms with Gasteiger partial charge in [0.05, 0.1) is 11.6 Å². The van der Waals surface area contributed by atoms with Gasteiger partial charge in [-0.25, -0.2) is 13.8 Å². The molecule has 1 fully saturated rings. The van der Waals surface area contributed by atoms with E-state index >= 15 is 0 Å². The van der Waals surface area contributed by atoms with Gasteiger partial charge in [0.25, 0.3) is 0 Å². The maximum atomic E-state index is 14.1. The van der Waals surface area contributed by atoms with Crippen molar-refractivity contribution in [3.63, 3.8) is 0 Å². The summed E-state index contributed by atoms with van der Waals surface area (Å²) in [5.41, 5.74) is 3.17. The molecule has 1 aliphatic carbocycles. The van der Waals surface area contributed by atoms with E-state index in [1.807, 2.05) is 30.3 Å². The van der Waals surface area contributed by atoms with Crippen molar-refractivity contribution in [1.29, 1.82) is 0 Å². The second-order valence-corrected chi connectivity index (χ2v) is 8.78. The van der Waals surface area contributed by atoms with Crippen LogP contribution in [0.15, 0.2) is 59.7 Å². The van der Waals surface area contributed by atoms with Gasteiger partial charge in [-0.15, -0.1) is 0 Å². The van der Waals surface area contributed by atoms with Crippen LogP contribution in [0.1, 0.15) is 55.7 Å². The molecule has 3 nitrogen and oxygen atoms in total. The van der Waals surface area contributed by atoms with E-state index in [4.69, 9.17) is 16.3 Å². The number of aliphatic imine (C=N–C) groups is 1. The molecule has 1 aliphatic heterocycles. The molecule has 1 atom stereocenters. The number of benzene rings is 2. The van der Waals surface area contributed by atoms with E-state index < -0.39 is 11.6 Å². The Bertz CT molecular complexity index is 1140. The molecule has 2 aromatic carbocycles. The Labute approximate surface area is 191 Å². The lowest BCUT2D eigenvalue weighted by Crippen LogP contribution is -2.11. The molecule has 0 N–H and O–H groups in total. The van der Waals surface area contributed by atoms with Gasteiger partial charge in [-0.3, -0.25) is 4.99 Å². The van der Waals surface area contributed by atoms with Gasteiger partial charge >= 0.3 is 0 Å².